The Kier molecular flexibility index (Phi) is 3.03. The monoisotopic (exact) mass is 287 g/mol. The number of fused-ring (bicyclic) bond motifs is 1. The highest BCUT2D eigenvalue weighted by Gasteiger charge is 2.19. The van der Waals surface area contributed by atoms with Crippen LogP contribution in [0.2, 0.25) is 5.02 Å². The van der Waals surface area contributed by atoms with Gasteiger partial charge >= 0.3 is 0 Å². The highest BCUT2D eigenvalue weighted by molar-refractivity contribution is 6.31. The van der Waals surface area contributed by atoms with Crippen molar-refractivity contribution in [1.29, 1.82) is 0 Å². The molecule has 0 unspecified atom stereocenters. The van der Waals surface area contributed by atoms with Crippen LogP contribution in [0.25, 0.3) is 0 Å². The standard InChI is InChI=1S/C15H14ClN3O/c1-8-10(16)3-2-4-12(8)18-14-7-13-9(5-11(14)17)6-15(20)19-13/h2-5,7,18H,6,17H2,1H3,(H,19,20). The normalized spacial score (nSPS) is 13.0. The lowest BCUT2D eigenvalue weighted by molar-refractivity contribution is -0.115. The van der Waals surface area contributed by atoms with Crippen molar-refractivity contribution in [2.24, 2.45) is 0 Å². The van der Waals surface area contributed by atoms with Crippen molar-refractivity contribution >= 4 is 40.3 Å². The van der Waals surface area contributed by atoms with Crippen LogP contribution in [0.5, 0.6) is 0 Å². The van der Waals surface area contributed by atoms with Gasteiger partial charge in [-0.2, -0.15) is 0 Å². The van der Waals surface area contributed by atoms with E-state index in [1.54, 1.807) is 0 Å². The topological polar surface area (TPSA) is 67.1 Å². The van der Waals surface area contributed by atoms with Crippen molar-refractivity contribution in [2.75, 3.05) is 16.4 Å². The van der Waals surface area contributed by atoms with Crippen LogP contribution in [0.1, 0.15) is 11.1 Å². The largest absolute Gasteiger partial charge is 0.397 e. The van der Waals surface area contributed by atoms with Gasteiger partial charge in [0.05, 0.1) is 17.8 Å². The first-order chi connectivity index (χ1) is 9.54. The maximum absolute atomic E-state index is 11.4. The summed E-state index contributed by atoms with van der Waals surface area (Å²) in [5.41, 5.74) is 11.0. The fraction of sp³-hybridized carbons (Fsp3) is 0.133. The van der Waals surface area contributed by atoms with Gasteiger partial charge in [0.1, 0.15) is 0 Å². The fourth-order valence-corrected chi connectivity index (χ4v) is 2.46. The van der Waals surface area contributed by atoms with Gasteiger partial charge in [-0.25, -0.2) is 0 Å². The molecule has 0 aromatic heterocycles. The molecule has 0 atom stereocenters. The molecule has 1 aliphatic rings. The van der Waals surface area contributed by atoms with Crippen molar-refractivity contribution in [3.8, 4) is 0 Å². The zero-order valence-electron chi connectivity index (χ0n) is 11.0. The zero-order valence-corrected chi connectivity index (χ0v) is 11.7. The van der Waals surface area contributed by atoms with Crippen molar-refractivity contribution < 1.29 is 4.79 Å². The van der Waals surface area contributed by atoms with Gasteiger partial charge in [0, 0.05) is 16.4 Å². The van der Waals surface area contributed by atoms with Crippen molar-refractivity contribution in [3.05, 3.63) is 46.5 Å². The highest BCUT2D eigenvalue weighted by Crippen LogP contribution is 2.34. The van der Waals surface area contributed by atoms with Gasteiger partial charge in [-0.3, -0.25) is 4.79 Å². The van der Waals surface area contributed by atoms with E-state index in [0.29, 0.717) is 17.1 Å². The summed E-state index contributed by atoms with van der Waals surface area (Å²) in [4.78, 5) is 11.4. The molecule has 5 heteroatoms. The Labute approximate surface area is 121 Å². The third-order valence-corrected chi connectivity index (χ3v) is 3.85. The predicted molar refractivity (Wildman–Crippen MR) is 82.7 cm³/mol. The number of rotatable bonds is 2. The first kappa shape index (κ1) is 12.8. The number of carbonyl (C=O) groups is 1. The lowest BCUT2D eigenvalue weighted by Crippen LogP contribution is -2.03. The van der Waals surface area contributed by atoms with E-state index in [4.69, 9.17) is 17.3 Å². The minimum atomic E-state index is -0.00418. The molecule has 20 heavy (non-hydrogen) atoms. The SMILES string of the molecule is Cc1c(Cl)cccc1Nc1cc2c(cc1N)CC(=O)N2. The molecular weight excluding hydrogens is 274 g/mol. The summed E-state index contributed by atoms with van der Waals surface area (Å²) in [6.07, 6.45) is 0.385. The van der Waals surface area contributed by atoms with Crippen molar-refractivity contribution in [2.45, 2.75) is 13.3 Å². The number of amides is 1. The van der Waals surface area contributed by atoms with Crippen LogP contribution in [-0.2, 0) is 11.2 Å². The Bertz CT molecular complexity index is 713. The van der Waals surface area contributed by atoms with Gasteiger partial charge in [0.15, 0.2) is 0 Å². The third kappa shape index (κ3) is 2.18. The van der Waals surface area contributed by atoms with Gasteiger partial charge in [-0.15, -0.1) is 0 Å². The average Bonchev–Trinajstić information content (AvgIpc) is 2.74. The minimum Gasteiger partial charge on any atom is -0.397 e. The van der Waals surface area contributed by atoms with Crippen LogP contribution < -0.4 is 16.4 Å². The van der Waals surface area contributed by atoms with E-state index in [9.17, 15) is 4.79 Å². The smallest absolute Gasteiger partial charge is 0.228 e. The molecule has 4 nitrogen and oxygen atoms in total. The molecule has 2 aromatic rings. The summed E-state index contributed by atoms with van der Waals surface area (Å²) >= 11 is 6.10. The molecular formula is C15H14ClN3O. The summed E-state index contributed by atoms with van der Waals surface area (Å²) in [6.45, 7) is 1.94. The molecule has 1 aliphatic heterocycles. The van der Waals surface area contributed by atoms with Crippen LogP contribution >= 0.6 is 11.6 Å². The van der Waals surface area contributed by atoms with Crippen molar-refractivity contribution in [1.82, 2.24) is 0 Å². The molecule has 4 N–H and O–H groups in total. The second-order valence-electron chi connectivity index (χ2n) is 4.86. The first-order valence-electron chi connectivity index (χ1n) is 6.29. The number of anilines is 4. The molecule has 0 spiro atoms. The molecule has 1 amide bonds. The maximum atomic E-state index is 11.4. The summed E-state index contributed by atoms with van der Waals surface area (Å²) < 4.78 is 0. The lowest BCUT2D eigenvalue weighted by atomic mass is 10.1. The minimum absolute atomic E-state index is 0.00418. The zero-order chi connectivity index (χ0) is 14.3. The van der Waals surface area contributed by atoms with E-state index < -0.39 is 0 Å². The Hall–Kier alpha value is -2.20. The molecule has 2 aromatic carbocycles. The third-order valence-electron chi connectivity index (χ3n) is 3.44. The second kappa shape index (κ2) is 4.72. The molecule has 3 rings (SSSR count). The highest BCUT2D eigenvalue weighted by atomic mass is 35.5. The predicted octanol–water partition coefficient (Wildman–Crippen LogP) is 3.47. The van der Waals surface area contributed by atoms with E-state index in [0.717, 1.165) is 28.2 Å². The number of hydrogen-bond acceptors (Lipinski definition) is 3. The summed E-state index contributed by atoms with van der Waals surface area (Å²) in [6, 6.07) is 9.34. The number of nitrogens with two attached hydrogens (primary N) is 1. The Balaban J connectivity index is 1.98. The van der Waals surface area contributed by atoms with E-state index in [-0.39, 0.29) is 5.91 Å². The molecule has 1 heterocycles. The number of nitrogens with one attached hydrogen (secondary N) is 2. The van der Waals surface area contributed by atoms with Crippen LogP contribution in [0, 0.1) is 6.92 Å². The molecule has 0 saturated heterocycles. The van der Waals surface area contributed by atoms with E-state index in [1.807, 2.05) is 37.3 Å². The number of benzene rings is 2. The van der Waals surface area contributed by atoms with Crippen LogP contribution in [0.15, 0.2) is 30.3 Å². The summed E-state index contributed by atoms with van der Waals surface area (Å²) in [5.74, 6) is -0.00418. The van der Waals surface area contributed by atoms with Crippen LogP contribution in [0.3, 0.4) is 0 Å². The number of carbonyl (C=O) groups excluding carboxylic acids is 1. The maximum Gasteiger partial charge on any atom is 0.228 e. The molecule has 0 aliphatic carbocycles. The van der Waals surface area contributed by atoms with Gasteiger partial charge in [-0.05, 0) is 42.3 Å². The van der Waals surface area contributed by atoms with E-state index in [1.165, 1.54) is 0 Å². The van der Waals surface area contributed by atoms with Gasteiger partial charge in [-0.1, -0.05) is 17.7 Å². The van der Waals surface area contributed by atoms with Crippen molar-refractivity contribution in [3.63, 3.8) is 0 Å². The van der Waals surface area contributed by atoms with Crippen LogP contribution in [0.4, 0.5) is 22.7 Å². The Morgan fingerprint density at radius 3 is 2.90 bits per heavy atom. The van der Waals surface area contributed by atoms with Crippen LogP contribution in [-0.4, -0.2) is 5.91 Å². The number of hydrogen-bond donors (Lipinski definition) is 3. The molecule has 102 valence electrons. The van der Waals surface area contributed by atoms with Gasteiger partial charge in [0.25, 0.3) is 0 Å². The lowest BCUT2D eigenvalue weighted by Gasteiger charge is -2.14. The Morgan fingerprint density at radius 2 is 2.10 bits per heavy atom. The summed E-state index contributed by atoms with van der Waals surface area (Å²) in [5, 5.41) is 6.78. The van der Waals surface area contributed by atoms with E-state index in [2.05, 4.69) is 10.6 Å². The number of halogens is 1. The van der Waals surface area contributed by atoms with E-state index >= 15 is 0 Å². The molecule has 0 bridgehead atoms. The van der Waals surface area contributed by atoms with Gasteiger partial charge < -0.3 is 16.4 Å². The Morgan fingerprint density at radius 1 is 1.30 bits per heavy atom. The first-order valence-corrected chi connectivity index (χ1v) is 6.67. The second-order valence-corrected chi connectivity index (χ2v) is 5.27. The number of nitrogen functional groups attached to an aromatic ring is 1. The molecule has 0 fully saturated rings. The molecule has 0 radical (unpaired) electrons. The van der Waals surface area contributed by atoms with Gasteiger partial charge in [0.2, 0.25) is 5.91 Å². The fourth-order valence-electron chi connectivity index (χ4n) is 2.29. The summed E-state index contributed by atoms with van der Waals surface area (Å²) in [7, 11) is 0. The quantitative estimate of drug-likeness (QED) is 0.741. The molecule has 0 saturated carbocycles. The average molecular weight is 288 g/mol.